The van der Waals surface area contributed by atoms with Gasteiger partial charge in [-0.2, -0.15) is 0 Å². The molecule has 1 aromatic rings. The number of carbonyl (C=O) groups is 3. The van der Waals surface area contributed by atoms with Crippen molar-refractivity contribution < 1.29 is 19.1 Å². The molecular weight excluding hydrogens is 396 g/mol. The van der Waals surface area contributed by atoms with Crippen LogP contribution in [0.25, 0.3) is 0 Å². The van der Waals surface area contributed by atoms with Crippen LogP contribution in [0.5, 0.6) is 5.75 Å². The Labute approximate surface area is 185 Å². The summed E-state index contributed by atoms with van der Waals surface area (Å²) >= 11 is 0. The Morgan fingerprint density at radius 2 is 1.84 bits per heavy atom. The van der Waals surface area contributed by atoms with Crippen LogP contribution in [0.1, 0.15) is 39.0 Å². The zero-order chi connectivity index (χ0) is 22.6. The van der Waals surface area contributed by atoms with E-state index in [0.29, 0.717) is 30.8 Å². The Morgan fingerprint density at radius 3 is 2.52 bits per heavy atom. The predicted molar refractivity (Wildman–Crippen MR) is 121 cm³/mol. The third-order valence-corrected chi connectivity index (χ3v) is 5.47. The second-order valence-electron chi connectivity index (χ2n) is 8.22. The van der Waals surface area contributed by atoms with Gasteiger partial charge >= 0.3 is 0 Å². The van der Waals surface area contributed by atoms with Crippen LogP contribution in [0, 0.1) is 0 Å². The number of anilines is 1. The molecule has 2 amide bonds. The SMILES string of the molecule is COc1cccc(NC(=O)C(CCCCCC(C)=O)NC(=O)CN2CCN(C)CC2)c1. The van der Waals surface area contributed by atoms with Crippen molar-refractivity contribution in [3.8, 4) is 5.75 Å². The number of methoxy groups -OCH3 is 1. The minimum Gasteiger partial charge on any atom is -0.497 e. The second-order valence-corrected chi connectivity index (χ2v) is 8.22. The summed E-state index contributed by atoms with van der Waals surface area (Å²) in [5.74, 6) is 0.441. The molecule has 1 aromatic carbocycles. The molecule has 0 radical (unpaired) electrons. The highest BCUT2D eigenvalue weighted by Crippen LogP contribution is 2.17. The minimum atomic E-state index is -0.622. The van der Waals surface area contributed by atoms with Crippen LogP contribution in [-0.4, -0.2) is 80.3 Å². The van der Waals surface area contributed by atoms with Gasteiger partial charge in [-0.25, -0.2) is 0 Å². The first-order chi connectivity index (χ1) is 14.9. The number of hydrogen-bond donors (Lipinski definition) is 2. The molecule has 8 heteroatoms. The lowest BCUT2D eigenvalue weighted by Gasteiger charge is -2.32. The van der Waals surface area contributed by atoms with Crippen molar-refractivity contribution in [1.29, 1.82) is 0 Å². The maximum absolute atomic E-state index is 12.9. The maximum atomic E-state index is 12.9. The van der Waals surface area contributed by atoms with Gasteiger partial charge in [0.2, 0.25) is 11.8 Å². The van der Waals surface area contributed by atoms with Gasteiger partial charge in [-0.3, -0.25) is 14.5 Å². The van der Waals surface area contributed by atoms with Crippen LogP contribution < -0.4 is 15.4 Å². The van der Waals surface area contributed by atoms with E-state index < -0.39 is 6.04 Å². The molecule has 0 aromatic heterocycles. The van der Waals surface area contributed by atoms with Crippen molar-refractivity contribution in [2.75, 3.05) is 52.2 Å². The van der Waals surface area contributed by atoms with E-state index in [4.69, 9.17) is 4.74 Å². The molecule has 0 aliphatic carbocycles. The number of carbonyl (C=O) groups excluding carboxylic acids is 3. The number of benzene rings is 1. The molecule has 172 valence electrons. The lowest BCUT2D eigenvalue weighted by atomic mass is 10.1. The molecular formula is C23H36N4O4. The van der Waals surface area contributed by atoms with E-state index in [9.17, 15) is 14.4 Å². The quantitative estimate of drug-likeness (QED) is 0.491. The Balaban J connectivity index is 1.92. The van der Waals surface area contributed by atoms with Gasteiger partial charge in [0.25, 0.3) is 0 Å². The largest absolute Gasteiger partial charge is 0.497 e. The smallest absolute Gasteiger partial charge is 0.246 e. The van der Waals surface area contributed by atoms with Gasteiger partial charge in [-0.1, -0.05) is 18.9 Å². The number of ether oxygens (including phenoxy) is 1. The normalized spacial score (nSPS) is 15.8. The van der Waals surface area contributed by atoms with Gasteiger partial charge in [0.05, 0.1) is 13.7 Å². The number of nitrogens with zero attached hydrogens (tertiary/aromatic N) is 2. The number of nitrogens with one attached hydrogen (secondary N) is 2. The molecule has 0 bridgehead atoms. The molecule has 8 nitrogen and oxygen atoms in total. The molecule has 1 saturated heterocycles. The number of ketones is 1. The van der Waals surface area contributed by atoms with Crippen molar-refractivity contribution in [3.63, 3.8) is 0 Å². The van der Waals surface area contributed by atoms with Crippen molar-refractivity contribution in [2.24, 2.45) is 0 Å². The molecule has 1 atom stereocenters. The molecule has 2 N–H and O–H groups in total. The molecule has 1 aliphatic rings. The van der Waals surface area contributed by atoms with Crippen molar-refractivity contribution in [2.45, 2.75) is 45.1 Å². The van der Waals surface area contributed by atoms with Crippen LogP contribution in [0.4, 0.5) is 5.69 Å². The highest BCUT2D eigenvalue weighted by molar-refractivity contribution is 5.97. The van der Waals surface area contributed by atoms with Crippen LogP contribution in [-0.2, 0) is 14.4 Å². The molecule has 1 fully saturated rings. The van der Waals surface area contributed by atoms with Crippen molar-refractivity contribution >= 4 is 23.3 Å². The third kappa shape index (κ3) is 9.48. The Hall–Kier alpha value is -2.45. The van der Waals surface area contributed by atoms with E-state index in [2.05, 4.69) is 27.5 Å². The zero-order valence-electron chi connectivity index (χ0n) is 19.0. The summed E-state index contributed by atoms with van der Waals surface area (Å²) in [7, 11) is 3.64. The third-order valence-electron chi connectivity index (χ3n) is 5.47. The van der Waals surface area contributed by atoms with Gasteiger partial charge in [0.15, 0.2) is 0 Å². The van der Waals surface area contributed by atoms with E-state index in [1.54, 1.807) is 38.3 Å². The van der Waals surface area contributed by atoms with E-state index in [1.165, 1.54) is 0 Å². The van der Waals surface area contributed by atoms with E-state index in [1.807, 2.05) is 0 Å². The summed E-state index contributed by atoms with van der Waals surface area (Å²) < 4.78 is 5.21. The summed E-state index contributed by atoms with van der Waals surface area (Å²) in [6, 6.07) is 6.52. The lowest BCUT2D eigenvalue weighted by molar-refractivity contribution is -0.127. The molecule has 0 spiro atoms. The summed E-state index contributed by atoms with van der Waals surface area (Å²) in [6.45, 7) is 5.43. The van der Waals surface area contributed by atoms with Gasteiger partial charge in [-0.05, 0) is 38.9 Å². The van der Waals surface area contributed by atoms with Crippen molar-refractivity contribution in [1.82, 2.24) is 15.1 Å². The molecule has 1 unspecified atom stereocenters. The molecule has 31 heavy (non-hydrogen) atoms. The number of Topliss-reactive ketones (excluding diaryl/α,β-unsaturated/α-hetero) is 1. The minimum absolute atomic E-state index is 0.140. The van der Waals surface area contributed by atoms with Crippen LogP contribution in [0.2, 0.25) is 0 Å². The predicted octanol–water partition coefficient (Wildman–Crippen LogP) is 1.91. The number of likely N-dealkylation sites (N-methyl/N-ethyl adjacent to an activating group) is 1. The zero-order valence-corrected chi connectivity index (χ0v) is 19.0. The van der Waals surface area contributed by atoms with Crippen LogP contribution in [0.3, 0.4) is 0 Å². The van der Waals surface area contributed by atoms with Crippen molar-refractivity contribution in [3.05, 3.63) is 24.3 Å². The van der Waals surface area contributed by atoms with Crippen LogP contribution >= 0.6 is 0 Å². The first-order valence-electron chi connectivity index (χ1n) is 11.0. The summed E-state index contributed by atoms with van der Waals surface area (Å²) in [5.41, 5.74) is 0.624. The second kappa shape index (κ2) is 13.1. The standard InChI is InChI=1S/C23H36N4O4/c1-18(28)8-5-4-6-11-21(23(30)24-19-9-7-10-20(16-19)31-3)25-22(29)17-27-14-12-26(2)13-15-27/h7,9-10,16,21H,4-6,8,11-15,17H2,1-3H3,(H,24,30)(H,25,29). The van der Waals surface area contributed by atoms with Gasteiger partial charge < -0.3 is 25.1 Å². The molecule has 1 heterocycles. The van der Waals surface area contributed by atoms with Gasteiger partial charge in [0.1, 0.15) is 17.6 Å². The van der Waals surface area contributed by atoms with Gasteiger partial charge in [-0.15, -0.1) is 0 Å². The fourth-order valence-electron chi connectivity index (χ4n) is 3.55. The number of unbranched alkanes of at least 4 members (excludes halogenated alkanes) is 2. The Bertz CT molecular complexity index is 732. The molecule has 2 rings (SSSR count). The summed E-state index contributed by atoms with van der Waals surface area (Å²) in [4.78, 5) is 41.0. The van der Waals surface area contributed by atoms with Crippen LogP contribution in [0.15, 0.2) is 24.3 Å². The fraction of sp³-hybridized carbons (Fsp3) is 0.609. The number of hydrogen-bond acceptors (Lipinski definition) is 6. The molecule has 1 aliphatic heterocycles. The average Bonchev–Trinajstić information content (AvgIpc) is 2.74. The lowest BCUT2D eigenvalue weighted by Crippen LogP contribution is -2.51. The topological polar surface area (TPSA) is 91.0 Å². The van der Waals surface area contributed by atoms with E-state index in [-0.39, 0.29) is 17.6 Å². The highest BCUT2D eigenvalue weighted by atomic mass is 16.5. The summed E-state index contributed by atoms with van der Waals surface area (Å²) in [6.07, 6.45) is 3.49. The highest BCUT2D eigenvalue weighted by Gasteiger charge is 2.23. The Morgan fingerprint density at radius 1 is 1.10 bits per heavy atom. The van der Waals surface area contributed by atoms with E-state index >= 15 is 0 Å². The van der Waals surface area contributed by atoms with Gasteiger partial charge in [0, 0.05) is 44.4 Å². The first kappa shape index (κ1) is 24.8. The fourth-order valence-corrected chi connectivity index (χ4v) is 3.55. The summed E-state index contributed by atoms with van der Waals surface area (Å²) in [5, 5.41) is 5.80. The number of amides is 2. The number of piperazine rings is 1. The average molecular weight is 433 g/mol. The van der Waals surface area contributed by atoms with E-state index in [0.717, 1.165) is 45.4 Å². The molecule has 0 saturated carbocycles. The Kier molecular flexibility index (Phi) is 10.5. The first-order valence-corrected chi connectivity index (χ1v) is 11.0. The monoisotopic (exact) mass is 432 g/mol. The maximum Gasteiger partial charge on any atom is 0.246 e. The number of rotatable bonds is 12.